The van der Waals surface area contributed by atoms with Crippen LogP contribution in [-0.2, 0) is 0 Å². The van der Waals surface area contributed by atoms with Crippen LogP contribution >= 0.6 is 11.3 Å². The van der Waals surface area contributed by atoms with Crippen LogP contribution in [0.4, 0.5) is 0 Å². The maximum atomic E-state index is 8.15. The number of benzene rings is 3. The summed E-state index contributed by atoms with van der Waals surface area (Å²) in [5.41, 5.74) is 4.98. The summed E-state index contributed by atoms with van der Waals surface area (Å²) in [6.45, 7) is -0.222. The fraction of sp³-hybridized carbons (Fsp3) is 0.0769. The molecule has 6 rings (SSSR count). The first-order chi connectivity index (χ1) is 15.9. The second kappa shape index (κ2) is 6.51. The predicted molar refractivity (Wildman–Crippen MR) is 127 cm³/mol. The van der Waals surface area contributed by atoms with E-state index < -0.39 is 6.85 Å². The van der Waals surface area contributed by atoms with Crippen LogP contribution in [0.3, 0.4) is 0 Å². The van der Waals surface area contributed by atoms with E-state index >= 15 is 0 Å². The maximum absolute atomic E-state index is 8.15. The van der Waals surface area contributed by atoms with Gasteiger partial charge in [0.15, 0.2) is 0 Å². The number of hydrogen-bond donors (Lipinski definition) is 0. The molecule has 0 N–H and O–H groups in total. The van der Waals surface area contributed by atoms with Gasteiger partial charge in [0.2, 0.25) is 0 Å². The Morgan fingerprint density at radius 1 is 0.933 bits per heavy atom. The largest absolute Gasteiger partial charge is 0.290 e. The number of aromatic nitrogens is 3. The summed E-state index contributed by atoms with van der Waals surface area (Å²) >= 11 is 1.61. The topological polar surface area (TPSA) is 30.7 Å². The van der Waals surface area contributed by atoms with Gasteiger partial charge < -0.3 is 0 Å². The summed E-state index contributed by atoms with van der Waals surface area (Å²) in [5, 5.41) is 1.75. The van der Waals surface area contributed by atoms with E-state index in [1.807, 2.05) is 61.5 Å². The van der Waals surface area contributed by atoms with Crippen molar-refractivity contribution in [2.75, 3.05) is 0 Å². The van der Waals surface area contributed by atoms with Gasteiger partial charge in [-0.25, -0.2) is 4.98 Å². The average Bonchev–Trinajstić information content (AvgIpc) is 3.38. The fourth-order valence-corrected chi connectivity index (χ4v) is 5.43. The lowest BCUT2D eigenvalue weighted by Gasteiger charge is -2.11. The second-order valence-corrected chi connectivity index (χ2v) is 8.39. The first-order valence-electron chi connectivity index (χ1n) is 11.3. The Kier molecular flexibility index (Phi) is 3.14. The quantitative estimate of drug-likeness (QED) is 0.307. The Hall–Kier alpha value is -3.50. The highest BCUT2D eigenvalue weighted by molar-refractivity contribution is 7.26. The van der Waals surface area contributed by atoms with Gasteiger partial charge in [-0.1, -0.05) is 42.5 Å². The molecule has 0 bridgehead atoms. The van der Waals surface area contributed by atoms with Crippen LogP contribution < -0.4 is 0 Å². The molecular formula is C26H19N3S. The van der Waals surface area contributed by atoms with E-state index in [1.54, 1.807) is 23.6 Å². The van der Waals surface area contributed by atoms with Crippen LogP contribution in [0.2, 0.25) is 0 Å². The minimum absolute atomic E-state index is 0.374. The lowest BCUT2D eigenvalue weighted by Crippen LogP contribution is -1.99. The highest BCUT2D eigenvalue weighted by Gasteiger charge is 2.20. The monoisotopic (exact) mass is 408 g/mol. The standard InChI is InChI=1S/C26H19N3S/c1-16-12-13-20(25-23(16)19-10-6-7-11-22(19)30-25)26-28-21-14-15-27-17(2)24(21)29(26)18-8-4-3-5-9-18/h3-15H,1-2H3/i1D3. The Morgan fingerprint density at radius 2 is 1.77 bits per heavy atom. The van der Waals surface area contributed by atoms with Crippen LogP contribution in [-0.4, -0.2) is 14.5 Å². The van der Waals surface area contributed by atoms with Crippen molar-refractivity contribution in [1.29, 1.82) is 0 Å². The Labute approximate surface area is 182 Å². The zero-order valence-electron chi connectivity index (χ0n) is 19.3. The van der Waals surface area contributed by atoms with Gasteiger partial charge in [0, 0.05) is 41.7 Å². The summed E-state index contributed by atoms with van der Waals surface area (Å²) in [4.78, 5) is 9.53. The number of aryl methyl sites for hydroxylation is 2. The molecule has 0 unspecified atom stereocenters. The van der Waals surface area contributed by atoms with Gasteiger partial charge in [0.05, 0.1) is 16.7 Å². The molecule has 0 saturated heterocycles. The fourth-order valence-electron chi connectivity index (χ4n) is 4.20. The number of hydrogen-bond acceptors (Lipinski definition) is 3. The van der Waals surface area contributed by atoms with Crippen LogP contribution in [0.5, 0.6) is 0 Å². The number of imidazole rings is 1. The number of nitrogens with zero attached hydrogens (tertiary/aromatic N) is 3. The summed E-state index contributed by atoms with van der Waals surface area (Å²) in [7, 11) is 0. The van der Waals surface area contributed by atoms with Crippen molar-refractivity contribution < 1.29 is 4.11 Å². The zero-order valence-corrected chi connectivity index (χ0v) is 17.1. The van der Waals surface area contributed by atoms with E-state index in [-0.39, 0.29) is 0 Å². The molecule has 0 aliphatic rings. The molecule has 0 atom stereocenters. The first-order valence-corrected chi connectivity index (χ1v) is 10.6. The average molecular weight is 409 g/mol. The van der Waals surface area contributed by atoms with E-state index in [0.717, 1.165) is 54.0 Å². The van der Waals surface area contributed by atoms with Gasteiger partial charge in [-0.15, -0.1) is 11.3 Å². The molecule has 0 fully saturated rings. The molecule has 30 heavy (non-hydrogen) atoms. The Morgan fingerprint density at radius 3 is 2.63 bits per heavy atom. The number of pyridine rings is 1. The third kappa shape index (κ3) is 2.44. The Bertz CT molecular complexity index is 1660. The summed E-state index contributed by atoms with van der Waals surface area (Å²) in [5.74, 6) is 0.779. The number of rotatable bonds is 2. The van der Waals surface area contributed by atoms with Crippen molar-refractivity contribution in [2.24, 2.45) is 0 Å². The molecule has 0 spiro atoms. The molecule has 144 valence electrons. The van der Waals surface area contributed by atoms with Gasteiger partial charge in [-0.05, 0) is 49.7 Å². The minimum Gasteiger partial charge on any atom is -0.290 e. The van der Waals surface area contributed by atoms with E-state index in [1.165, 1.54) is 0 Å². The molecule has 4 heteroatoms. The Balaban J connectivity index is 1.78. The van der Waals surface area contributed by atoms with Gasteiger partial charge in [0.25, 0.3) is 0 Å². The molecule has 3 aromatic heterocycles. The molecule has 0 aliphatic heterocycles. The first kappa shape index (κ1) is 14.5. The van der Waals surface area contributed by atoms with Gasteiger partial charge in [0.1, 0.15) is 5.82 Å². The molecule has 0 amide bonds. The predicted octanol–water partition coefficient (Wildman–Crippen LogP) is 7.07. The molecule has 3 heterocycles. The lowest BCUT2D eigenvalue weighted by atomic mass is 10.0. The minimum atomic E-state index is -2.21. The number of fused-ring (bicyclic) bond motifs is 4. The number of thiophene rings is 1. The number of para-hydroxylation sites is 1. The van der Waals surface area contributed by atoms with Crippen LogP contribution in [0.1, 0.15) is 15.4 Å². The molecule has 3 nitrogen and oxygen atoms in total. The summed E-state index contributed by atoms with van der Waals surface area (Å²) in [6, 6.07) is 23.7. The van der Waals surface area contributed by atoms with Crippen molar-refractivity contribution in [2.45, 2.75) is 13.8 Å². The summed E-state index contributed by atoms with van der Waals surface area (Å²) in [6.07, 6.45) is 1.77. The highest BCUT2D eigenvalue weighted by atomic mass is 32.1. The van der Waals surface area contributed by atoms with E-state index in [0.29, 0.717) is 5.56 Å². The van der Waals surface area contributed by atoms with Crippen LogP contribution in [0.15, 0.2) is 79.0 Å². The van der Waals surface area contributed by atoms with Gasteiger partial charge in [-0.2, -0.15) is 0 Å². The normalized spacial score (nSPS) is 13.6. The summed E-state index contributed by atoms with van der Waals surface area (Å²) < 4.78 is 28.6. The van der Waals surface area contributed by atoms with Crippen molar-refractivity contribution in [3.63, 3.8) is 0 Å². The molecule has 0 aliphatic carbocycles. The van der Waals surface area contributed by atoms with E-state index in [4.69, 9.17) is 9.10 Å². The van der Waals surface area contributed by atoms with Crippen molar-refractivity contribution in [3.05, 3.63) is 90.3 Å². The highest BCUT2D eigenvalue weighted by Crippen LogP contribution is 2.42. The molecule has 0 saturated carbocycles. The lowest BCUT2D eigenvalue weighted by molar-refractivity contribution is 1.08. The molecule has 3 aromatic carbocycles. The third-order valence-corrected chi connectivity index (χ3v) is 6.73. The van der Waals surface area contributed by atoms with Gasteiger partial charge >= 0.3 is 0 Å². The van der Waals surface area contributed by atoms with Crippen molar-refractivity contribution >= 4 is 42.5 Å². The second-order valence-electron chi connectivity index (χ2n) is 7.33. The smallest absolute Gasteiger partial charge is 0.147 e. The molecule has 0 radical (unpaired) electrons. The maximum Gasteiger partial charge on any atom is 0.147 e. The zero-order chi connectivity index (χ0) is 22.7. The SMILES string of the molecule is [2H]C([2H])([2H])c1ccc(-c2nc3ccnc(C)c3n2-c2ccccc2)c2sc3ccccc3c12. The van der Waals surface area contributed by atoms with Crippen molar-refractivity contribution in [1.82, 2.24) is 14.5 Å². The van der Waals surface area contributed by atoms with E-state index in [2.05, 4.69) is 21.7 Å². The van der Waals surface area contributed by atoms with Gasteiger partial charge in [-0.3, -0.25) is 9.55 Å². The molecule has 6 aromatic rings. The van der Waals surface area contributed by atoms with Crippen molar-refractivity contribution in [3.8, 4) is 17.1 Å². The van der Waals surface area contributed by atoms with Crippen LogP contribution in [0, 0.1) is 13.8 Å². The van der Waals surface area contributed by atoms with Crippen LogP contribution in [0.25, 0.3) is 48.3 Å². The van der Waals surface area contributed by atoms with E-state index in [9.17, 15) is 0 Å². The molecular weight excluding hydrogens is 386 g/mol. The third-order valence-electron chi connectivity index (χ3n) is 5.53.